The van der Waals surface area contributed by atoms with Gasteiger partial charge in [0.1, 0.15) is 0 Å². The lowest BCUT2D eigenvalue weighted by atomic mass is 9.89. The van der Waals surface area contributed by atoms with Crippen molar-refractivity contribution in [3.05, 3.63) is 0 Å². The number of carboxylic acid groups (broad SMARTS) is 1. The van der Waals surface area contributed by atoms with E-state index in [-0.39, 0.29) is 6.10 Å². The molecule has 2 unspecified atom stereocenters. The molecule has 0 radical (unpaired) electrons. The Morgan fingerprint density at radius 3 is 2.65 bits per heavy atom. The summed E-state index contributed by atoms with van der Waals surface area (Å²) in [4.78, 5) is 13.4. The van der Waals surface area contributed by atoms with Crippen LogP contribution in [-0.2, 0) is 4.79 Å². The lowest BCUT2D eigenvalue weighted by Gasteiger charge is -2.39. The molecule has 1 aliphatic heterocycles. The van der Waals surface area contributed by atoms with Crippen LogP contribution in [0.4, 0.5) is 0 Å². The molecule has 2 N–H and O–H groups in total. The third-order valence-corrected chi connectivity index (χ3v) is 3.54. The second kappa shape index (κ2) is 5.83. The monoisotopic (exact) mass is 243 g/mol. The molecule has 0 spiro atoms. The second-order valence-electron chi connectivity index (χ2n) is 5.89. The van der Waals surface area contributed by atoms with Gasteiger partial charge in [0.2, 0.25) is 0 Å². The van der Waals surface area contributed by atoms with Gasteiger partial charge < -0.3 is 10.2 Å². The van der Waals surface area contributed by atoms with Crippen LogP contribution in [0, 0.1) is 5.41 Å². The molecule has 0 bridgehead atoms. The van der Waals surface area contributed by atoms with Crippen LogP contribution in [0.2, 0.25) is 0 Å². The highest BCUT2D eigenvalue weighted by atomic mass is 16.4. The number of carboxylic acids is 1. The molecule has 1 aliphatic rings. The number of nitrogens with zero attached hydrogens (tertiary/aromatic N) is 1. The van der Waals surface area contributed by atoms with Crippen molar-refractivity contribution < 1.29 is 15.0 Å². The number of hydrogen-bond acceptors (Lipinski definition) is 3. The predicted octanol–water partition coefficient (Wildman–Crippen LogP) is 1.72. The molecule has 1 heterocycles. The summed E-state index contributed by atoms with van der Waals surface area (Å²) in [5.74, 6) is -0.751. The highest BCUT2D eigenvalue weighted by Crippen LogP contribution is 2.26. The first-order valence-corrected chi connectivity index (χ1v) is 6.48. The Labute approximate surface area is 104 Å². The van der Waals surface area contributed by atoms with E-state index in [2.05, 4.69) is 4.90 Å². The first-order chi connectivity index (χ1) is 7.83. The number of aliphatic hydroxyl groups is 1. The molecule has 0 aliphatic carbocycles. The molecule has 0 aromatic heterocycles. The Bertz CT molecular complexity index is 263. The van der Waals surface area contributed by atoms with E-state index in [0.29, 0.717) is 12.6 Å². The number of rotatable bonds is 5. The van der Waals surface area contributed by atoms with Gasteiger partial charge in [-0.3, -0.25) is 9.69 Å². The summed E-state index contributed by atoms with van der Waals surface area (Å²) in [6.45, 7) is 6.86. The molecule has 0 amide bonds. The lowest BCUT2D eigenvalue weighted by Crippen LogP contribution is -2.47. The second-order valence-corrected chi connectivity index (χ2v) is 5.89. The van der Waals surface area contributed by atoms with E-state index in [4.69, 9.17) is 5.11 Å². The van der Waals surface area contributed by atoms with Gasteiger partial charge >= 0.3 is 5.97 Å². The topological polar surface area (TPSA) is 60.8 Å². The van der Waals surface area contributed by atoms with Crippen LogP contribution in [0.15, 0.2) is 0 Å². The van der Waals surface area contributed by atoms with Gasteiger partial charge in [0, 0.05) is 12.6 Å². The normalized spacial score (nSPS) is 24.6. The third-order valence-electron chi connectivity index (χ3n) is 3.54. The van der Waals surface area contributed by atoms with Gasteiger partial charge in [0.25, 0.3) is 0 Å². The Balaban J connectivity index is 2.62. The summed E-state index contributed by atoms with van der Waals surface area (Å²) in [7, 11) is 0. The van der Waals surface area contributed by atoms with Crippen LogP contribution in [0.5, 0.6) is 0 Å². The molecule has 0 aromatic carbocycles. The summed E-state index contributed by atoms with van der Waals surface area (Å²) in [6, 6.07) is 0.336. The summed E-state index contributed by atoms with van der Waals surface area (Å²) >= 11 is 0. The van der Waals surface area contributed by atoms with Gasteiger partial charge in [-0.25, -0.2) is 0 Å². The maximum atomic E-state index is 11.1. The minimum Gasteiger partial charge on any atom is -0.481 e. The number of hydrogen-bond donors (Lipinski definition) is 2. The molecule has 1 saturated heterocycles. The van der Waals surface area contributed by atoms with Crippen LogP contribution < -0.4 is 0 Å². The first-order valence-electron chi connectivity index (χ1n) is 6.48. The average Bonchev–Trinajstić information content (AvgIpc) is 2.19. The maximum Gasteiger partial charge on any atom is 0.310 e. The van der Waals surface area contributed by atoms with E-state index in [1.165, 1.54) is 6.42 Å². The molecule has 1 fully saturated rings. The number of likely N-dealkylation sites (tertiary alicyclic amines) is 1. The van der Waals surface area contributed by atoms with Crippen molar-refractivity contribution in [1.29, 1.82) is 0 Å². The predicted molar refractivity (Wildman–Crippen MR) is 66.9 cm³/mol. The molecule has 0 aromatic rings. The van der Waals surface area contributed by atoms with Gasteiger partial charge in [-0.1, -0.05) is 6.42 Å². The lowest BCUT2D eigenvalue weighted by molar-refractivity contribution is -0.148. The maximum absolute atomic E-state index is 11.1. The smallest absolute Gasteiger partial charge is 0.310 e. The Morgan fingerprint density at radius 1 is 1.47 bits per heavy atom. The number of aliphatic hydroxyl groups excluding tert-OH is 1. The molecule has 4 nitrogen and oxygen atoms in total. The zero-order valence-electron chi connectivity index (χ0n) is 11.1. The van der Waals surface area contributed by atoms with Crippen molar-refractivity contribution in [3.8, 4) is 0 Å². The number of aliphatic carboxylic acids is 1. The minimum atomic E-state index is -0.751. The van der Waals surface area contributed by atoms with Gasteiger partial charge in [-0.2, -0.15) is 0 Å². The summed E-state index contributed by atoms with van der Waals surface area (Å²) < 4.78 is 0. The molecule has 0 saturated carbocycles. The van der Waals surface area contributed by atoms with Crippen molar-refractivity contribution >= 4 is 5.97 Å². The Morgan fingerprint density at radius 2 is 2.12 bits per heavy atom. The summed E-state index contributed by atoms with van der Waals surface area (Å²) in [5, 5.41) is 18.7. The van der Waals surface area contributed by atoms with Gasteiger partial charge in [0.05, 0.1) is 11.5 Å². The Hall–Kier alpha value is -0.610. The minimum absolute atomic E-state index is 0.312. The van der Waals surface area contributed by atoms with Crippen molar-refractivity contribution in [2.45, 2.75) is 58.6 Å². The van der Waals surface area contributed by atoms with Crippen LogP contribution >= 0.6 is 0 Å². The average molecular weight is 243 g/mol. The fourth-order valence-electron chi connectivity index (χ4n) is 2.50. The fraction of sp³-hybridized carbons (Fsp3) is 0.923. The van der Waals surface area contributed by atoms with Gasteiger partial charge in [-0.05, 0) is 46.6 Å². The molecular weight excluding hydrogens is 218 g/mol. The van der Waals surface area contributed by atoms with E-state index in [9.17, 15) is 9.90 Å². The largest absolute Gasteiger partial charge is 0.481 e. The van der Waals surface area contributed by atoms with Crippen LogP contribution in [-0.4, -0.2) is 46.3 Å². The van der Waals surface area contributed by atoms with Gasteiger partial charge in [-0.15, -0.1) is 0 Å². The van der Waals surface area contributed by atoms with E-state index >= 15 is 0 Å². The molecule has 17 heavy (non-hydrogen) atoms. The number of piperidine rings is 1. The highest BCUT2D eigenvalue weighted by molar-refractivity contribution is 5.73. The zero-order chi connectivity index (χ0) is 13.1. The molecule has 4 heteroatoms. The molecule has 2 atom stereocenters. The highest BCUT2D eigenvalue weighted by Gasteiger charge is 2.33. The SMILES string of the molecule is CC(O)CC1CCCCN1CC(C)(C)C(=O)O. The third kappa shape index (κ3) is 4.28. The van der Waals surface area contributed by atoms with E-state index in [0.717, 1.165) is 25.8 Å². The van der Waals surface area contributed by atoms with Crippen molar-refractivity contribution in [3.63, 3.8) is 0 Å². The van der Waals surface area contributed by atoms with Crippen molar-refractivity contribution in [2.24, 2.45) is 5.41 Å². The van der Waals surface area contributed by atoms with Crippen LogP contribution in [0.3, 0.4) is 0 Å². The summed E-state index contributed by atoms with van der Waals surface area (Å²) in [5.41, 5.74) is -0.714. The molecule has 100 valence electrons. The van der Waals surface area contributed by atoms with Crippen LogP contribution in [0.25, 0.3) is 0 Å². The molecule has 1 rings (SSSR count). The molecular formula is C13H25NO3. The number of carbonyl (C=O) groups is 1. The van der Waals surface area contributed by atoms with Crippen molar-refractivity contribution in [2.75, 3.05) is 13.1 Å². The van der Waals surface area contributed by atoms with Gasteiger partial charge in [0.15, 0.2) is 0 Å². The summed E-state index contributed by atoms with van der Waals surface area (Å²) in [6.07, 6.45) is 3.82. The first kappa shape index (κ1) is 14.5. The van der Waals surface area contributed by atoms with E-state index < -0.39 is 11.4 Å². The van der Waals surface area contributed by atoms with Crippen LogP contribution in [0.1, 0.15) is 46.5 Å². The standard InChI is InChI=1S/C13H25NO3/c1-10(15)8-11-6-4-5-7-14(11)9-13(2,3)12(16)17/h10-11,15H,4-9H2,1-3H3,(H,16,17). The zero-order valence-corrected chi connectivity index (χ0v) is 11.1. The van der Waals surface area contributed by atoms with Crippen molar-refractivity contribution in [1.82, 2.24) is 4.90 Å². The fourth-order valence-corrected chi connectivity index (χ4v) is 2.50. The quantitative estimate of drug-likeness (QED) is 0.772. The van der Waals surface area contributed by atoms with E-state index in [1.54, 1.807) is 20.8 Å². The van der Waals surface area contributed by atoms with E-state index in [1.807, 2.05) is 0 Å². The Kier molecular flexibility index (Phi) is 4.95.